The van der Waals surface area contributed by atoms with Gasteiger partial charge in [0.25, 0.3) is 10.0 Å². The Morgan fingerprint density at radius 1 is 1.20 bits per heavy atom. The van der Waals surface area contributed by atoms with E-state index < -0.39 is 10.0 Å². The molecule has 0 fully saturated rings. The van der Waals surface area contributed by atoms with E-state index in [1.807, 2.05) is 6.07 Å². The third-order valence-corrected chi connectivity index (χ3v) is 5.36. The maximum absolute atomic E-state index is 12.7. The van der Waals surface area contributed by atoms with Gasteiger partial charge in [-0.25, -0.2) is 0 Å². The fraction of sp³-hybridized carbons (Fsp3) is 0.357. The fourth-order valence-corrected chi connectivity index (χ4v) is 4.08. The number of aryl methyl sites for hydroxylation is 2. The van der Waals surface area contributed by atoms with Crippen molar-refractivity contribution < 1.29 is 8.42 Å². The van der Waals surface area contributed by atoms with E-state index in [0.29, 0.717) is 29.3 Å². The number of rotatable bonds is 4. The van der Waals surface area contributed by atoms with Crippen LogP contribution in [0.2, 0.25) is 0 Å². The van der Waals surface area contributed by atoms with Crippen LogP contribution in [0.15, 0.2) is 29.2 Å². The van der Waals surface area contributed by atoms with E-state index in [9.17, 15) is 8.42 Å². The van der Waals surface area contributed by atoms with Crippen molar-refractivity contribution in [1.82, 2.24) is 9.19 Å². The average molecular weight is 313 g/mol. The summed E-state index contributed by atoms with van der Waals surface area (Å²) >= 11 is 5.76. The lowest BCUT2D eigenvalue weighted by molar-refractivity contribution is 0.577. The maximum atomic E-state index is 12.7. The zero-order valence-electron chi connectivity index (χ0n) is 11.7. The van der Waals surface area contributed by atoms with Crippen LogP contribution in [0.3, 0.4) is 0 Å². The molecule has 2 aromatic rings. The molecule has 0 radical (unpaired) electrons. The van der Waals surface area contributed by atoms with Crippen molar-refractivity contribution >= 4 is 21.6 Å². The lowest BCUT2D eigenvalue weighted by Crippen LogP contribution is -2.17. The third kappa shape index (κ3) is 2.47. The summed E-state index contributed by atoms with van der Waals surface area (Å²) in [6, 6.07) is 6.90. The van der Waals surface area contributed by atoms with Gasteiger partial charge in [-0.05, 0) is 44.4 Å². The van der Waals surface area contributed by atoms with E-state index in [-0.39, 0.29) is 4.90 Å². The molecule has 0 spiro atoms. The quantitative estimate of drug-likeness (QED) is 0.816. The summed E-state index contributed by atoms with van der Waals surface area (Å²) in [5, 5.41) is 4.19. The minimum Gasteiger partial charge on any atom is -0.199 e. The Kier molecular flexibility index (Phi) is 4.20. The van der Waals surface area contributed by atoms with E-state index in [0.717, 1.165) is 9.65 Å². The highest BCUT2D eigenvalue weighted by Crippen LogP contribution is 2.22. The van der Waals surface area contributed by atoms with Gasteiger partial charge in [-0.1, -0.05) is 18.2 Å². The molecule has 0 amide bonds. The van der Waals surface area contributed by atoms with Gasteiger partial charge < -0.3 is 0 Å². The molecule has 108 valence electrons. The molecule has 0 unspecified atom stereocenters. The molecule has 0 aliphatic heterocycles. The second-order valence-corrected chi connectivity index (χ2v) is 6.82. The Balaban J connectivity index is 2.62. The van der Waals surface area contributed by atoms with Crippen molar-refractivity contribution in [2.24, 2.45) is 0 Å². The normalized spacial score (nSPS) is 11.8. The topological polar surface area (TPSA) is 52.0 Å². The van der Waals surface area contributed by atoms with Crippen LogP contribution in [0.25, 0.3) is 0 Å². The molecule has 0 saturated carbocycles. The van der Waals surface area contributed by atoms with Crippen LogP contribution in [0.5, 0.6) is 0 Å². The Hall–Kier alpha value is -1.33. The molecule has 20 heavy (non-hydrogen) atoms. The number of alkyl halides is 1. The molecular formula is C14H17ClN2O2S. The summed E-state index contributed by atoms with van der Waals surface area (Å²) in [4.78, 5) is 0.281. The van der Waals surface area contributed by atoms with Crippen molar-refractivity contribution in [1.29, 1.82) is 0 Å². The zero-order chi connectivity index (χ0) is 14.9. The van der Waals surface area contributed by atoms with E-state index in [4.69, 9.17) is 11.6 Å². The van der Waals surface area contributed by atoms with E-state index in [2.05, 4.69) is 5.10 Å². The average Bonchev–Trinajstić information content (AvgIpc) is 2.68. The van der Waals surface area contributed by atoms with Crippen LogP contribution in [0.4, 0.5) is 0 Å². The molecule has 2 rings (SSSR count). The van der Waals surface area contributed by atoms with Crippen LogP contribution in [-0.2, 0) is 16.4 Å². The fourth-order valence-electron chi connectivity index (χ4n) is 2.28. The van der Waals surface area contributed by atoms with Gasteiger partial charge in [0.05, 0.1) is 16.3 Å². The summed E-state index contributed by atoms with van der Waals surface area (Å²) in [5.74, 6) is 0.442. The summed E-state index contributed by atoms with van der Waals surface area (Å²) < 4.78 is 26.5. The second kappa shape index (κ2) is 5.58. The highest BCUT2D eigenvalue weighted by Gasteiger charge is 2.24. The summed E-state index contributed by atoms with van der Waals surface area (Å²) in [5.41, 5.74) is 2.95. The zero-order valence-corrected chi connectivity index (χ0v) is 13.3. The van der Waals surface area contributed by atoms with Crippen LogP contribution in [0.1, 0.15) is 22.5 Å². The third-order valence-electron chi connectivity index (χ3n) is 3.34. The lowest BCUT2D eigenvalue weighted by atomic mass is 10.1. The van der Waals surface area contributed by atoms with Gasteiger partial charge in [0.2, 0.25) is 0 Å². The molecule has 0 N–H and O–H groups in total. The molecule has 4 nitrogen and oxygen atoms in total. The van der Waals surface area contributed by atoms with Crippen LogP contribution in [0, 0.1) is 20.8 Å². The van der Waals surface area contributed by atoms with Crippen molar-refractivity contribution in [3.8, 4) is 0 Å². The number of nitrogens with zero attached hydrogens (tertiary/aromatic N) is 2. The number of hydrogen-bond acceptors (Lipinski definition) is 3. The molecular weight excluding hydrogens is 296 g/mol. The molecule has 0 aliphatic carbocycles. The van der Waals surface area contributed by atoms with Gasteiger partial charge in [0.15, 0.2) is 0 Å². The van der Waals surface area contributed by atoms with Crippen LogP contribution in [-0.4, -0.2) is 23.5 Å². The lowest BCUT2D eigenvalue weighted by Gasteiger charge is -2.09. The number of halogens is 1. The van der Waals surface area contributed by atoms with E-state index >= 15 is 0 Å². The van der Waals surface area contributed by atoms with Gasteiger partial charge in [0, 0.05) is 5.88 Å². The Morgan fingerprint density at radius 3 is 2.45 bits per heavy atom. The molecule has 0 aliphatic rings. The second-order valence-electron chi connectivity index (χ2n) is 4.70. The van der Waals surface area contributed by atoms with Gasteiger partial charge in [-0.2, -0.15) is 17.6 Å². The summed E-state index contributed by atoms with van der Waals surface area (Å²) in [7, 11) is -3.66. The monoisotopic (exact) mass is 312 g/mol. The Labute approximate surface area is 124 Å². The molecule has 1 heterocycles. The van der Waals surface area contributed by atoms with Crippen molar-refractivity contribution in [2.75, 3.05) is 5.88 Å². The van der Waals surface area contributed by atoms with Gasteiger partial charge >= 0.3 is 0 Å². The van der Waals surface area contributed by atoms with Crippen molar-refractivity contribution in [3.63, 3.8) is 0 Å². The largest absolute Gasteiger partial charge is 0.283 e. The van der Waals surface area contributed by atoms with Crippen molar-refractivity contribution in [3.05, 3.63) is 46.8 Å². The molecule has 0 saturated heterocycles. The predicted octanol–water partition coefficient (Wildman–Crippen LogP) is 2.83. The van der Waals surface area contributed by atoms with Gasteiger partial charge in [-0.15, -0.1) is 11.6 Å². The Morgan fingerprint density at radius 2 is 1.85 bits per heavy atom. The van der Waals surface area contributed by atoms with Gasteiger partial charge in [0.1, 0.15) is 0 Å². The standard InChI is InChI=1S/C14H17ClN2O2S/c1-10-6-4-5-7-14(10)20(18,19)17-12(3)13(8-9-15)11(2)16-17/h4-7H,8-9H2,1-3H3. The van der Waals surface area contributed by atoms with E-state index in [1.165, 1.54) is 0 Å². The molecule has 6 heteroatoms. The highest BCUT2D eigenvalue weighted by atomic mass is 35.5. The number of benzene rings is 1. The summed E-state index contributed by atoms with van der Waals surface area (Å²) in [6.45, 7) is 5.34. The first-order valence-electron chi connectivity index (χ1n) is 6.32. The molecule has 0 atom stereocenters. The first-order valence-corrected chi connectivity index (χ1v) is 8.29. The maximum Gasteiger partial charge on any atom is 0.283 e. The minimum absolute atomic E-state index is 0.281. The smallest absolute Gasteiger partial charge is 0.199 e. The molecule has 1 aromatic carbocycles. The van der Waals surface area contributed by atoms with Crippen molar-refractivity contribution in [2.45, 2.75) is 32.1 Å². The molecule has 0 bridgehead atoms. The predicted molar refractivity (Wildman–Crippen MR) is 79.9 cm³/mol. The SMILES string of the molecule is Cc1ccccc1S(=O)(=O)n1nc(C)c(CCCl)c1C. The van der Waals surface area contributed by atoms with Crippen LogP contribution >= 0.6 is 11.6 Å². The van der Waals surface area contributed by atoms with Gasteiger partial charge in [-0.3, -0.25) is 0 Å². The molecule has 1 aromatic heterocycles. The number of aromatic nitrogens is 2. The Bertz CT molecular complexity index is 736. The highest BCUT2D eigenvalue weighted by molar-refractivity contribution is 7.90. The van der Waals surface area contributed by atoms with E-state index in [1.54, 1.807) is 39.0 Å². The first-order chi connectivity index (χ1) is 9.39. The minimum atomic E-state index is -3.66. The van der Waals surface area contributed by atoms with Crippen LogP contribution < -0.4 is 0 Å². The number of hydrogen-bond donors (Lipinski definition) is 0. The summed E-state index contributed by atoms with van der Waals surface area (Å²) in [6.07, 6.45) is 0.614. The first kappa shape index (κ1) is 15.1.